The van der Waals surface area contributed by atoms with Gasteiger partial charge in [0, 0.05) is 23.7 Å². The first kappa shape index (κ1) is 16.7. The van der Waals surface area contributed by atoms with Crippen molar-refractivity contribution < 1.29 is 14.8 Å². The number of hydrogen-bond donors (Lipinski definition) is 3. The first-order valence-corrected chi connectivity index (χ1v) is 7.00. The molecule has 0 fully saturated rings. The molecule has 7 nitrogen and oxygen atoms in total. The summed E-state index contributed by atoms with van der Waals surface area (Å²) in [5, 5.41) is 23.7. The summed E-state index contributed by atoms with van der Waals surface area (Å²) < 4.78 is 0. The van der Waals surface area contributed by atoms with E-state index >= 15 is 0 Å². The molecule has 0 saturated heterocycles. The van der Waals surface area contributed by atoms with Gasteiger partial charge in [-0.25, -0.2) is 0 Å². The highest BCUT2D eigenvalue weighted by Crippen LogP contribution is 2.26. The molecule has 0 aromatic heterocycles. The molecule has 0 saturated carbocycles. The predicted molar refractivity (Wildman–Crippen MR) is 86.3 cm³/mol. The highest BCUT2D eigenvalue weighted by Gasteiger charge is 2.16. The largest absolute Gasteiger partial charge is 0.392 e. The van der Waals surface area contributed by atoms with Gasteiger partial charge in [-0.05, 0) is 29.8 Å². The fraction of sp³-hybridized carbons (Fsp3) is 0.133. The lowest BCUT2D eigenvalue weighted by Crippen LogP contribution is -2.12. The molecule has 120 valence electrons. The van der Waals surface area contributed by atoms with Gasteiger partial charge >= 0.3 is 0 Å². The molecule has 2 rings (SSSR count). The van der Waals surface area contributed by atoms with Gasteiger partial charge in [0.2, 0.25) is 5.91 Å². The number of nitrogens with two attached hydrogens (primary N) is 1. The maximum Gasteiger partial charge on any atom is 0.275 e. The van der Waals surface area contributed by atoms with Crippen LogP contribution in [-0.4, -0.2) is 15.9 Å². The Morgan fingerprint density at radius 1 is 1.30 bits per heavy atom. The third-order valence-electron chi connectivity index (χ3n) is 3.25. The van der Waals surface area contributed by atoms with Crippen LogP contribution in [-0.2, 0) is 13.2 Å². The van der Waals surface area contributed by atoms with Crippen LogP contribution in [0, 0.1) is 10.1 Å². The standard InChI is InChI=1S/C15H14ClN3O4/c16-12-4-1-9(8-20)5-13(12)18-7-11-3-2-10(15(17)21)6-14(11)19(22)23/h1-6,18,20H,7-8H2,(H2,17,21). The minimum atomic E-state index is -0.730. The molecule has 8 heteroatoms. The number of amides is 1. The summed E-state index contributed by atoms with van der Waals surface area (Å²) >= 11 is 6.05. The number of carbonyl (C=O) groups is 1. The van der Waals surface area contributed by atoms with Crippen LogP contribution in [0.4, 0.5) is 11.4 Å². The summed E-state index contributed by atoms with van der Waals surface area (Å²) in [6.45, 7) is -0.0107. The molecule has 0 aliphatic rings. The number of primary amides is 1. The second-order valence-electron chi connectivity index (χ2n) is 4.79. The van der Waals surface area contributed by atoms with Crippen LogP contribution in [0.1, 0.15) is 21.5 Å². The SMILES string of the molecule is NC(=O)c1ccc(CNc2cc(CO)ccc2Cl)c([N+](=O)[O-])c1. The van der Waals surface area contributed by atoms with Crippen molar-refractivity contribution in [2.24, 2.45) is 5.73 Å². The Morgan fingerprint density at radius 3 is 2.65 bits per heavy atom. The number of hydrogen-bond acceptors (Lipinski definition) is 5. The van der Waals surface area contributed by atoms with Gasteiger partial charge in [0.15, 0.2) is 0 Å². The number of aliphatic hydroxyl groups is 1. The number of nitrogens with one attached hydrogen (secondary N) is 1. The fourth-order valence-corrected chi connectivity index (χ4v) is 2.22. The van der Waals surface area contributed by atoms with E-state index in [2.05, 4.69) is 5.32 Å². The van der Waals surface area contributed by atoms with Gasteiger partial charge in [0.25, 0.3) is 5.69 Å². The Kier molecular flexibility index (Phi) is 5.15. The van der Waals surface area contributed by atoms with Crippen LogP contribution in [0.5, 0.6) is 0 Å². The average molecular weight is 336 g/mol. The first-order chi connectivity index (χ1) is 10.9. The quantitative estimate of drug-likeness (QED) is 0.553. The van der Waals surface area contributed by atoms with E-state index < -0.39 is 10.8 Å². The zero-order valence-corrected chi connectivity index (χ0v) is 12.7. The van der Waals surface area contributed by atoms with E-state index in [9.17, 15) is 14.9 Å². The zero-order chi connectivity index (χ0) is 17.0. The maximum atomic E-state index is 11.1. The van der Waals surface area contributed by atoms with Crippen molar-refractivity contribution in [3.8, 4) is 0 Å². The van der Waals surface area contributed by atoms with E-state index in [0.29, 0.717) is 21.8 Å². The number of nitro benzene ring substituents is 1. The van der Waals surface area contributed by atoms with Gasteiger partial charge in [-0.15, -0.1) is 0 Å². The van der Waals surface area contributed by atoms with Crippen molar-refractivity contribution in [3.63, 3.8) is 0 Å². The summed E-state index contributed by atoms with van der Waals surface area (Å²) in [5.74, 6) is -0.730. The van der Waals surface area contributed by atoms with Crippen LogP contribution in [0.3, 0.4) is 0 Å². The average Bonchev–Trinajstić information content (AvgIpc) is 2.53. The Bertz CT molecular complexity index is 764. The van der Waals surface area contributed by atoms with E-state index in [0.717, 1.165) is 6.07 Å². The van der Waals surface area contributed by atoms with E-state index in [1.165, 1.54) is 12.1 Å². The van der Waals surface area contributed by atoms with Gasteiger partial charge in [0.05, 0.1) is 22.2 Å². The summed E-state index contributed by atoms with van der Waals surface area (Å²) in [7, 11) is 0. The van der Waals surface area contributed by atoms with Crippen molar-refractivity contribution >= 4 is 28.9 Å². The molecule has 0 heterocycles. The highest BCUT2D eigenvalue weighted by atomic mass is 35.5. The second-order valence-corrected chi connectivity index (χ2v) is 5.20. The van der Waals surface area contributed by atoms with Crippen molar-refractivity contribution in [1.29, 1.82) is 0 Å². The monoisotopic (exact) mass is 335 g/mol. The van der Waals surface area contributed by atoms with Gasteiger partial charge in [-0.2, -0.15) is 0 Å². The number of rotatable bonds is 6. The lowest BCUT2D eigenvalue weighted by atomic mass is 10.1. The van der Waals surface area contributed by atoms with E-state index in [1.807, 2.05) is 0 Å². The highest BCUT2D eigenvalue weighted by molar-refractivity contribution is 6.33. The molecule has 1 amide bonds. The number of nitrogens with zero attached hydrogens (tertiary/aromatic N) is 1. The molecule has 0 aliphatic heterocycles. The summed E-state index contributed by atoms with van der Waals surface area (Å²) in [6, 6.07) is 9.00. The van der Waals surface area contributed by atoms with Crippen molar-refractivity contribution in [3.05, 3.63) is 68.2 Å². The lowest BCUT2D eigenvalue weighted by molar-refractivity contribution is -0.385. The Morgan fingerprint density at radius 2 is 2.04 bits per heavy atom. The molecule has 4 N–H and O–H groups in total. The van der Waals surface area contributed by atoms with Crippen molar-refractivity contribution in [2.45, 2.75) is 13.2 Å². The summed E-state index contributed by atoms with van der Waals surface area (Å²) in [4.78, 5) is 21.7. The molecular formula is C15H14ClN3O4. The molecule has 2 aromatic carbocycles. The Hall–Kier alpha value is -2.64. The van der Waals surface area contributed by atoms with Gasteiger partial charge in [0.1, 0.15) is 0 Å². The number of carbonyl (C=O) groups excluding carboxylic acids is 1. The van der Waals surface area contributed by atoms with Gasteiger partial charge in [-0.3, -0.25) is 14.9 Å². The molecule has 2 aromatic rings. The number of anilines is 1. The molecular weight excluding hydrogens is 322 g/mol. The minimum absolute atomic E-state index is 0.0701. The van der Waals surface area contributed by atoms with E-state index in [4.69, 9.17) is 22.4 Å². The van der Waals surface area contributed by atoms with Crippen LogP contribution in [0.15, 0.2) is 36.4 Å². The summed E-state index contributed by atoms with van der Waals surface area (Å²) in [6.07, 6.45) is 0. The molecule has 0 unspecified atom stereocenters. The van der Waals surface area contributed by atoms with Crippen LogP contribution in [0.25, 0.3) is 0 Å². The van der Waals surface area contributed by atoms with E-state index in [-0.39, 0.29) is 24.4 Å². The molecule has 23 heavy (non-hydrogen) atoms. The molecule has 0 aliphatic carbocycles. The first-order valence-electron chi connectivity index (χ1n) is 6.62. The molecule has 0 bridgehead atoms. The van der Waals surface area contributed by atoms with Crippen LogP contribution in [0.2, 0.25) is 5.02 Å². The molecule has 0 radical (unpaired) electrons. The molecule has 0 atom stereocenters. The smallest absolute Gasteiger partial charge is 0.275 e. The number of halogens is 1. The van der Waals surface area contributed by atoms with Crippen LogP contribution >= 0.6 is 11.6 Å². The van der Waals surface area contributed by atoms with Gasteiger partial charge < -0.3 is 16.2 Å². The third-order valence-corrected chi connectivity index (χ3v) is 3.58. The maximum absolute atomic E-state index is 11.1. The summed E-state index contributed by atoms with van der Waals surface area (Å²) in [5.41, 5.74) is 6.59. The second kappa shape index (κ2) is 7.08. The minimum Gasteiger partial charge on any atom is -0.392 e. The zero-order valence-electron chi connectivity index (χ0n) is 12.0. The lowest BCUT2D eigenvalue weighted by Gasteiger charge is -2.10. The van der Waals surface area contributed by atoms with Gasteiger partial charge in [-0.1, -0.05) is 17.7 Å². The number of benzene rings is 2. The number of nitro groups is 1. The third kappa shape index (κ3) is 3.97. The van der Waals surface area contributed by atoms with Crippen LogP contribution < -0.4 is 11.1 Å². The fourth-order valence-electron chi connectivity index (χ4n) is 2.03. The normalized spacial score (nSPS) is 10.3. The van der Waals surface area contributed by atoms with E-state index in [1.54, 1.807) is 18.2 Å². The predicted octanol–water partition coefficient (Wildman–Crippen LogP) is 2.45. The Balaban J connectivity index is 2.27. The number of aliphatic hydroxyl groups excluding tert-OH is 1. The molecule has 0 spiro atoms. The Labute approximate surface area is 136 Å². The van der Waals surface area contributed by atoms with Crippen molar-refractivity contribution in [1.82, 2.24) is 0 Å². The topological polar surface area (TPSA) is 118 Å². The van der Waals surface area contributed by atoms with Crippen molar-refractivity contribution in [2.75, 3.05) is 5.32 Å².